The lowest BCUT2D eigenvalue weighted by atomic mass is 9.81. The largest absolute Gasteiger partial charge is 0.389 e. The molecule has 0 aromatic heterocycles. The second-order valence-corrected chi connectivity index (χ2v) is 9.87. The fourth-order valence-electron chi connectivity index (χ4n) is 4.71. The van der Waals surface area contributed by atoms with Gasteiger partial charge >= 0.3 is 6.18 Å². The van der Waals surface area contributed by atoms with Gasteiger partial charge in [0.15, 0.2) is 0 Å². The van der Waals surface area contributed by atoms with Crippen molar-refractivity contribution in [3.8, 4) is 0 Å². The number of aryl methyl sites for hydroxylation is 1. The first kappa shape index (κ1) is 28.8. The molecular formula is C29H26ClF3N4O3. The molecule has 208 valence electrons. The van der Waals surface area contributed by atoms with Crippen molar-refractivity contribution in [2.24, 2.45) is 16.6 Å². The number of hydrogen-bond acceptors (Lipinski definition) is 4. The molecule has 1 aliphatic heterocycles. The van der Waals surface area contributed by atoms with E-state index in [1.165, 1.54) is 12.1 Å². The summed E-state index contributed by atoms with van der Waals surface area (Å²) in [5, 5.41) is 5.65. The minimum absolute atomic E-state index is 0.286. The summed E-state index contributed by atoms with van der Waals surface area (Å²) in [4.78, 5) is 43.9. The van der Waals surface area contributed by atoms with Crippen molar-refractivity contribution in [3.63, 3.8) is 0 Å². The van der Waals surface area contributed by atoms with Gasteiger partial charge in [-0.3, -0.25) is 14.4 Å². The standard InChI is InChI=1S/C29H26ClF3N4O3/c1-16-7-5-12-21-23(16)36-28(40)26(35-24(21)18-10-6-11-19(30)15-18)37-27(39)20(13-14-29(31,32)33)22(25(34)38)17-8-3-2-4-9-17/h2-12,15,20,22,26H,13-14H2,1H3,(H2,34,38)(H,36,40)(H,37,39)/t20?,22?,26-/m1/s1. The number of nitrogens with zero attached hydrogens (tertiary/aromatic N) is 1. The summed E-state index contributed by atoms with van der Waals surface area (Å²) in [6.07, 6.45) is -8.17. The summed E-state index contributed by atoms with van der Waals surface area (Å²) in [6, 6.07) is 19.9. The van der Waals surface area contributed by atoms with Gasteiger partial charge in [-0.1, -0.05) is 72.3 Å². The highest BCUT2D eigenvalue weighted by molar-refractivity contribution is 6.31. The normalized spacial score (nSPS) is 16.6. The van der Waals surface area contributed by atoms with Crippen molar-refractivity contribution in [1.29, 1.82) is 0 Å². The van der Waals surface area contributed by atoms with Gasteiger partial charge in [-0.2, -0.15) is 13.2 Å². The summed E-state index contributed by atoms with van der Waals surface area (Å²) in [6.45, 7) is 1.79. The first-order valence-electron chi connectivity index (χ1n) is 12.4. The van der Waals surface area contributed by atoms with Gasteiger partial charge in [0.25, 0.3) is 5.91 Å². The van der Waals surface area contributed by atoms with E-state index in [2.05, 4.69) is 15.6 Å². The molecular weight excluding hydrogens is 545 g/mol. The van der Waals surface area contributed by atoms with Crippen molar-refractivity contribution < 1.29 is 27.6 Å². The maximum atomic E-state index is 13.6. The van der Waals surface area contributed by atoms with E-state index in [0.29, 0.717) is 27.5 Å². The Labute approximate surface area is 233 Å². The molecule has 0 fully saturated rings. The number of para-hydroxylation sites is 1. The molecule has 3 aromatic rings. The van der Waals surface area contributed by atoms with Crippen LogP contribution in [0.15, 0.2) is 77.8 Å². The second kappa shape index (κ2) is 11.9. The predicted molar refractivity (Wildman–Crippen MR) is 146 cm³/mol. The fourth-order valence-corrected chi connectivity index (χ4v) is 4.90. The quantitative estimate of drug-likeness (QED) is 0.350. The Balaban J connectivity index is 1.75. The summed E-state index contributed by atoms with van der Waals surface area (Å²) in [5.41, 5.74) is 8.55. The number of benzene rings is 3. The zero-order valence-corrected chi connectivity index (χ0v) is 22.1. The van der Waals surface area contributed by atoms with Crippen LogP contribution in [0.3, 0.4) is 0 Å². The van der Waals surface area contributed by atoms with Crippen molar-refractivity contribution in [1.82, 2.24) is 5.32 Å². The molecule has 0 spiro atoms. The predicted octanol–water partition coefficient (Wildman–Crippen LogP) is 5.11. The van der Waals surface area contributed by atoms with Crippen LogP contribution in [0, 0.1) is 12.8 Å². The van der Waals surface area contributed by atoms with Gasteiger partial charge in [0, 0.05) is 22.6 Å². The number of amides is 3. The number of halogens is 4. The van der Waals surface area contributed by atoms with Crippen LogP contribution in [0.1, 0.15) is 41.0 Å². The Morgan fingerprint density at radius 1 is 1.07 bits per heavy atom. The van der Waals surface area contributed by atoms with Gasteiger partial charge < -0.3 is 16.4 Å². The zero-order valence-electron chi connectivity index (χ0n) is 21.3. The number of benzodiazepines with no additional fused rings is 1. The van der Waals surface area contributed by atoms with Crippen LogP contribution in [0.25, 0.3) is 0 Å². The Bertz CT molecular complexity index is 1460. The summed E-state index contributed by atoms with van der Waals surface area (Å²) < 4.78 is 39.7. The molecule has 0 aliphatic carbocycles. The van der Waals surface area contributed by atoms with Crippen LogP contribution in [0.4, 0.5) is 18.9 Å². The maximum Gasteiger partial charge on any atom is 0.389 e. The van der Waals surface area contributed by atoms with Crippen molar-refractivity contribution in [3.05, 3.63) is 100 Å². The van der Waals surface area contributed by atoms with Gasteiger partial charge in [-0.25, -0.2) is 4.99 Å². The molecule has 11 heteroatoms. The molecule has 4 rings (SSSR count). The number of nitrogens with one attached hydrogen (secondary N) is 2. The Kier molecular flexibility index (Phi) is 8.58. The smallest absolute Gasteiger partial charge is 0.369 e. The van der Waals surface area contributed by atoms with E-state index in [9.17, 15) is 27.6 Å². The van der Waals surface area contributed by atoms with Gasteiger partial charge in [-0.05, 0) is 36.6 Å². The van der Waals surface area contributed by atoms with E-state index in [0.717, 1.165) is 5.56 Å². The molecule has 3 atom stereocenters. The lowest BCUT2D eigenvalue weighted by molar-refractivity contribution is -0.144. The Morgan fingerprint density at radius 3 is 2.42 bits per heavy atom. The highest BCUT2D eigenvalue weighted by atomic mass is 35.5. The van der Waals surface area contributed by atoms with Crippen LogP contribution >= 0.6 is 11.6 Å². The number of hydrogen-bond donors (Lipinski definition) is 3. The summed E-state index contributed by atoms with van der Waals surface area (Å²) in [5.74, 6) is -5.52. The lowest BCUT2D eigenvalue weighted by Gasteiger charge is -2.26. The van der Waals surface area contributed by atoms with Gasteiger partial charge in [0.1, 0.15) is 0 Å². The number of rotatable bonds is 8. The highest BCUT2D eigenvalue weighted by Crippen LogP contribution is 2.33. The minimum atomic E-state index is -4.59. The Hall–Kier alpha value is -4.18. The first-order valence-corrected chi connectivity index (χ1v) is 12.8. The van der Waals surface area contributed by atoms with Crippen molar-refractivity contribution in [2.75, 3.05) is 5.32 Å². The lowest BCUT2D eigenvalue weighted by Crippen LogP contribution is -2.47. The number of anilines is 1. The number of fused-ring (bicyclic) bond motifs is 1. The topological polar surface area (TPSA) is 114 Å². The van der Waals surface area contributed by atoms with Crippen molar-refractivity contribution in [2.45, 2.75) is 38.0 Å². The number of nitrogens with two attached hydrogens (primary N) is 1. The molecule has 0 saturated heterocycles. The second-order valence-electron chi connectivity index (χ2n) is 9.44. The molecule has 0 radical (unpaired) electrons. The van der Waals surface area contributed by atoms with E-state index < -0.39 is 54.7 Å². The van der Waals surface area contributed by atoms with Crippen LogP contribution in [-0.2, 0) is 14.4 Å². The first-order chi connectivity index (χ1) is 18.9. The molecule has 0 bridgehead atoms. The molecule has 2 unspecified atom stereocenters. The highest BCUT2D eigenvalue weighted by Gasteiger charge is 2.39. The van der Waals surface area contributed by atoms with Gasteiger partial charge in [0.05, 0.1) is 23.2 Å². The number of carbonyl (C=O) groups is 3. The van der Waals surface area contributed by atoms with Crippen molar-refractivity contribution >= 4 is 40.7 Å². The molecule has 3 aromatic carbocycles. The minimum Gasteiger partial charge on any atom is -0.369 e. The van der Waals surface area contributed by atoms with E-state index in [-0.39, 0.29) is 5.56 Å². The van der Waals surface area contributed by atoms with Gasteiger partial charge in [-0.15, -0.1) is 0 Å². The monoisotopic (exact) mass is 570 g/mol. The average molecular weight is 571 g/mol. The van der Waals surface area contributed by atoms with Crippen LogP contribution in [0.2, 0.25) is 5.02 Å². The number of primary amides is 1. The number of carbonyl (C=O) groups excluding carboxylic acids is 3. The molecule has 7 nitrogen and oxygen atoms in total. The van der Waals surface area contributed by atoms with Crippen LogP contribution in [-0.4, -0.2) is 35.8 Å². The summed E-state index contributed by atoms with van der Waals surface area (Å²) >= 11 is 6.21. The fraction of sp³-hybridized carbons (Fsp3) is 0.241. The van der Waals surface area contributed by atoms with E-state index in [4.69, 9.17) is 17.3 Å². The van der Waals surface area contributed by atoms with E-state index in [1.807, 2.05) is 0 Å². The molecule has 4 N–H and O–H groups in total. The SMILES string of the molecule is Cc1cccc2c1NC(=O)[C@@H](NC(=O)C(CCC(F)(F)F)C(C(N)=O)c1ccccc1)N=C2c1cccc(Cl)c1. The zero-order chi connectivity index (χ0) is 29.0. The van der Waals surface area contributed by atoms with Crippen LogP contribution in [0.5, 0.6) is 0 Å². The van der Waals surface area contributed by atoms with E-state index >= 15 is 0 Å². The molecule has 40 heavy (non-hydrogen) atoms. The maximum absolute atomic E-state index is 13.6. The Morgan fingerprint density at radius 2 is 1.77 bits per heavy atom. The third kappa shape index (κ3) is 6.69. The molecule has 3 amide bonds. The number of aliphatic imine (C=N–C) groups is 1. The third-order valence-electron chi connectivity index (χ3n) is 6.60. The average Bonchev–Trinajstić information content (AvgIpc) is 3.03. The third-order valence-corrected chi connectivity index (χ3v) is 6.84. The molecule has 1 heterocycles. The molecule has 1 aliphatic rings. The van der Waals surface area contributed by atoms with E-state index in [1.54, 1.807) is 67.6 Å². The number of alkyl halides is 3. The van der Waals surface area contributed by atoms with Gasteiger partial charge in [0.2, 0.25) is 18.0 Å². The molecule has 0 saturated carbocycles. The van der Waals surface area contributed by atoms with Crippen LogP contribution < -0.4 is 16.4 Å². The summed E-state index contributed by atoms with van der Waals surface area (Å²) in [7, 11) is 0.